The molecule has 1 unspecified atom stereocenters. The summed E-state index contributed by atoms with van der Waals surface area (Å²) >= 11 is 0. The Kier molecular flexibility index (Phi) is 4.65. The van der Waals surface area contributed by atoms with Gasteiger partial charge in [-0.15, -0.1) is 0 Å². The summed E-state index contributed by atoms with van der Waals surface area (Å²) in [6.45, 7) is 5.37. The van der Waals surface area contributed by atoms with Crippen molar-refractivity contribution in [3.8, 4) is 0 Å². The number of hydrogen-bond acceptors (Lipinski definition) is 4. The van der Waals surface area contributed by atoms with Gasteiger partial charge in [-0.25, -0.2) is 8.42 Å². The number of carbonyl (C=O) groups is 1. The normalized spacial score (nSPS) is 19.3. The lowest BCUT2D eigenvalue weighted by molar-refractivity contribution is -0.123. The second-order valence-electron chi connectivity index (χ2n) is 5.33. The van der Waals surface area contributed by atoms with Gasteiger partial charge in [-0.3, -0.25) is 9.69 Å². The molecule has 1 aromatic rings. The van der Waals surface area contributed by atoms with E-state index in [0.29, 0.717) is 31.1 Å². The Bertz CT molecular complexity index is 622. The molecule has 1 saturated heterocycles. The third kappa shape index (κ3) is 3.42. The van der Waals surface area contributed by atoms with Crippen molar-refractivity contribution < 1.29 is 13.2 Å². The summed E-state index contributed by atoms with van der Waals surface area (Å²) in [4.78, 5) is 13.4. The Morgan fingerprint density at radius 1 is 1.24 bits per heavy atom. The number of nitrogens with two attached hydrogens (primary N) is 1. The average molecular weight is 311 g/mol. The highest BCUT2D eigenvalue weighted by atomic mass is 32.2. The summed E-state index contributed by atoms with van der Waals surface area (Å²) in [6.07, 6.45) is 0. The minimum absolute atomic E-state index is 0.318. The number of nitrogens with zero attached hydrogens (tertiary/aromatic N) is 2. The Hall–Kier alpha value is -1.44. The maximum Gasteiger partial charge on any atom is 0.243 e. The van der Waals surface area contributed by atoms with Crippen LogP contribution in [0.1, 0.15) is 12.5 Å². The van der Waals surface area contributed by atoms with Gasteiger partial charge in [-0.1, -0.05) is 12.1 Å². The molecule has 21 heavy (non-hydrogen) atoms. The van der Waals surface area contributed by atoms with Gasteiger partial charge in [0.1, 0.15) is 0 Å². The molecule has 7 heteroatoms. The maximum absolute atomic E-state index is 12.6. The summed E-state index contributed by atoms with van der Waals surface area (Å²) in [5.74, 6) is -0.384. The first-order chi connectivity index (χ1) is 9.82. The van der Waals surface area contributed by atoms with Crippen LogP contribution in [0.15, 0.2) is 29.2 Å². The predicted molar refractivity (Wildman–Crippen MR) is 80.2 cm³/mol. The quantitative estimate of drug-likeness (QED) is 0.859. The minimum Gasteiger partial charge on any atom is -0.368 e. The van der Waals surface area contributed by atoms with E-state index in [-0.39, 0.29) is 11.9 Å². The molecule has 0 saturated carbocycles. The van der Waals surface area contributed by atoms with Crippen molar-refractivity contribution in [2.24, 2.45) is 5.73 Å². The molecule has 1 fully saturated rings. The highest BCUT2D eigenvalue weighted by Crippen LogP contribution is 2.19. The Morgan fingerprint density at radius 2 is 1.86 bits per heavy atom. The predicted octanol–water partition coefficient (Wildman–Crippen LogP) is 0.175. The molecule has 1 heterocycles. The first-order valence-corrected chi connectivity index (χ1v) is 8.36. The topological polar surface area (TPSA) is 83.7 Å². The van der Waals surface area contributed by atoms with E-state index in [1.165, 1.54) is 4.31 Å². The zero-order valence-corrected chi connectivity index (χ0v) is 13.1. The number of primary amides is 1. The van der Waals surface area contributed by atoms with Crippen molar-refractivity contribution in [2.75, 3.05) is 26.2 Å². The number of benzene rings is 1. The molecule has 2 rings (SSSR count). The summed E-state index contributed by atoms with van der Waals surface area (Å²) in [6, 6.07) is 6.53. The molecule has 1 aromatic carbocycles. The van der Waals surface area contributed by atoms with Crippen LogP contribution in [0.3, 0.4) is 0 Å². The molecule has 2 N–H and O–H groups in total. The summed E-state index contributed by atoms with van der Waals surface area (Å²) < 4.78 is 26.6. The zero-order valence-electron chi connectivity index (χ0n) is 12.3. The highest BCUT2D eigenvalue weighted by molar-refractivity contribution is 7.89. The maximum atomic E-state index is 12.6. The molecule has 0 aromatic heterocycles. The zero-order chi connectivity index (χ0) is 15.6. The van der Waals surface area contributed by atoms with Crippen molar-refractivity contribution in [1.82, 2.24) is 9.21 Å². The third-order valence-electron chi connectivity index (χ3n) is 3.86. The first-order valence-electron chi connectivity index (χ1n) is 6.92. The van der Waals surface area contributed by atoms with Gasteiger partial charge in [0.15, 0.2) is 0 Å². The molecular weight excluding hydrogens is 290 g/mol. The number of aryl methyl sites for hydroxylation is 1. The van der Waals surface area contributed by atoms with Crippen LogP contribution >= 0.6 is 0 Å². The molecule has 0 aliphatic carbocycles. The van der Waals surface area contributed by atoms with Gasteiger partial charge in [0.2, 0.25) is 15.9 Å². The van der Waals surface area contributed by atoms with Crippen molar-refractivity contribution >= 4 is 15.9 Å². The molecule has 0 spiro atoms. The molecular formula is C14H21N3O3S. The SMILES string of the molecule is Cc1cccc(S(=O)(=O)N2CCN(C(C)C(N)=O)CC2)c1. The van der Waals surface area contributed by atoms with Crippen LogP contribution in [0, 0.1) is 6.92 Å². The lowest BCUT2D eigenvalue weighted by atomic mass is 10.2. The van der Waals surface area contributed by atoms with Crippen LogP contribution < -0.4 is 5.73 Å². The lowest BCUT2D eigenvalue weighted by Crippen LogP contribution is -2.54. The number of hydrogen-bond donors (Lipinski definition) is 1. The van der Waals surface area contributed by atoms with Crippen molar-refractivity contribution in [3.63, 3.8) is 0 Å². The Balaban J connectivity index is 2.09. The molecule has 6 nitrogen and oxygen atoms in total. The minimum atomic E-state index is -3.46. The summed E-state index contributed by atoms with van der Waals surface area (Å²) in [5, 5.41) is 0. The molecule has 116 valence electrons. The van der Waals surface area contributed by atoms with Crippen LogP contribution in [0.25, 0.3) is 0 Å². The van der Waals surface area contributed by atoms with Gasteiger partial charge in [-0.05, 0) is 31.5 Å². The smallest absolute Gasteiger partial charge is 0.243 e. The number of carbonyl (C=O) groups excluding carboxylic acids is 1. The van der Waals surface area contributed by atoms with E-state index in [4.69, 9.17) is 5.73 Å². The van der Waals surface area contributed by atoms with Gasteiger partial charge in [0.05, 0.1) is 10.9 Å². The van der Waals surface area contributed by atoms with E-state index < -0.39 is 10.0 Å². The van der Waals surface area contributed by atoms with Crippen LogP contribution in [0.5, 0.6) is 0 Å². The number of piperazine rings is 1. The van der Waals surface area contributed by atoms with Crippen molar-refractivity contribution in [2.45, 2.75) is 24.8 Å². The fourth-order valence-electron chi connectivity index (χ4n) is 2.44. The Labute approximate surface area is 125 Å². The molecule has 1 atom stereocenters. The monoisotopic (exact) mass is 311 g/mol. The molecule has 0 bridgehead atoms. The summed E-state index contributed by atoms with van der Waals surface area (Å²) in [5.41, 5.74) is 6.20. The largest absolute Gasteiger partial charge is 0.368 e. The fraction of sp³-hybridized carbons (Fsp3) is 0.500. The van der Waals surface area contributed by atoms with E-state index in [9.17, 15) is 13.2 Å². The van der Waals surface area contributed by atoms with E-state index in [2.05, 4.69) is 0 Å². The van der Waals surface area contributed by atoms with E-state index >= 15 is 0 Å². The number of sulfonamides is 1. The van der Waals surface area contributed by atoms with Gasteiger partial charge in [-0.2, -0.15) is 4.31 Å². The van der Waals surface area contributed by atoms with Gasteiger partial charge in [0, 0.05) is 26.2 Å². The fourth-order valence-corrected chi connectivity index (χ4v) is 3.96. The summed E-state index contributed by atoms with van der Waals surface area (Å²) in [7, 11) is -3.46. The van der Waals surface area contributed by atoms with Gasteiger partial charge >= 0.3 is 0 Å². The van der Waals surface area contributed by atoms with E-state index in [1.807, 2.05) is 17.9 Å². The molecule has 1 amide bonds. The first kappa shape index (κ1) is 15.9. The molecule has 1 aliphatic heterocycles. The van der Waals surface area contributed by atoms with Crippen LogP contribution in [0.4, 0.5) is 0 Å². The second kappa shape index (κ2) is 6.13. The second-order valence-corrected chi connectivity index (χ2v) is 7.27. The van der Waals surface area contributed by atoms with Crippen molar-refractivity contribution in [1.29, 1.82) is 0 Å². The Morgan fingerprint density at radius 3 is 2.38 bits per heavy atom. The number of amides is 1. The van der Waals surface area contributed by atoms with Gasteiger partial charge < -0.3 is 5.73 Å². The lowest BCUT2D eigenvalue weighted by Gasteiger charge is -2.36. The van der Waals surface area contributed by atoms with Crippen LogP contribution in [0.2, 0.25) is 0 Å². The van der Waals surface area contributed by atoms with Crippen LogP contribution in [-0.2, 0) is 14.8 Å². The van der Waals surface area contributed by atoms with E-state index in [1.54, 1.807) is 25.1 Å². The highest BCUT2D eigenvalue weighted by Gasteiger charge is 2.31. The number of rotatable bonds is 4. The van der Waals surface area contributed by atoms with Crippen molar-refractivity contribution in [3.05, 3.63) is 29.8 Å². The van der Waals surface area contributed by atoms with E-state index in [0.717, 1.165) is 5.56 Å². The van der Waals surface area contributed by atoms with Gasteiger partial charge in [0.25, 0.3) is 0 Å². The molecule has 1 aliphatic rings. The third-order valence-corrected chi connectivity index (χ3v) is 5.75. The standard InChI is InChI=1S/C14H21N3O3S/c1-11-4-3-5-13(10-11)21(19,20)17-8-6-16(7-9-17)12(2)14(15)18/h3-5,10,12H,6-9H2,1-2H3,(H2,15,18). The molecule has 0 radical (unpaired) electrons. The average Bonchev–Trinajstić information content (AvgIpc) is 2.46. The van der Waals surface area contributed by atoms with Crippen LogP contribution in [-0.4, -0.2) is 55.8 Å².